The number of halogens is 3. The molecule has 1 N–H and O–H groups in total. The van der Waals surface area contributed by atoms with E-state index in [4.69, 9.17) is 26.8 Å². The number of thioether (sulfide) groups is 1. The number of hydrogen-bond donors (Lipinski definition) is 1. The Bertz CT molecular complexity index is 1380. The van der Waals surface area contributed by atoms with Crippen LogP contribution in [-0.2, 0) is 29.0 Å². The normalized spacial score (nSPS) is 14.7. The minimum Gasteiger partial charge on any atom is -0.485 e. The number of carboxylic acids is 1. The van der Waals surface area contributed by atoms with Crippen LogP contribution in [0.5, 0.6) is 11.5 Å². The van der Waals surface area contributed by atoms with Crippen molar-refractivity contribution < 1.29 is 37.3 Å². The van der Waals surface area contributed by atoms with Crippen molar-refractivity contribution >= 4 is 46.3 Å². The second-order valence-electron chi connectivity index (χ2n) is 8.13. The largest absolute Gasteiger partial charge is 0.485 e. The summed E-state index contributed by atoms with van der Waals surface area (Å²) in [6, 6.07) is 19.1. The zero-order valence-corrected chi connectivity index (χ0v) is 21.2. The molecule has 0 radical (unpaired) electrons. The van der Waals surface area contributed by atoms with E-state index in [1.165, 1.54) is 12.1 Å². The average Bonchev–Trinajstić information content (AvgIpc) is 3.14. The molecule has 1 saturated heterocycles. The summed E-state index contributed by atoms with van der Waals surface area (Å²) < 4.78 is 50.6. The minimum absolute atomic E-state index is 0.0238. The van der Waals surface area contributed by atoms with Crippen molar-refractivity contribution in [1.82, 2.24) is 4.90 Å². The van der Waals surface area contributed by atoms with E-state index >= 15 is 0 Å². The first kappa shape index (κ1) is 27.2. The zero-order chi connectivity index (χ0) is 27.3. The predicted octanol–water partition coefficient (Wildman–Crippen LogP) is 6.15. The Kier molecular flexibility index (Phi) is 8.38. The molecule has 4 rings (SSSR count). The van der Waals surface area contributed by atoms with Crippen LogP contribution in [0, 0.1) is 0 Å². The first-order chi connectivity index (χ1) is 18.1. The molecule has 196 valence electrons. The predicted molar refractivity (Wildman–Crippen MR) is 141 cm³/mol. The molecule has 11 heteroatoms. The van der Waals surface area contributed by atoms with Crippen molar-refractivity contribution in [1.29, 1.82) is 0 Å². The SMILES string of the molecule is O=C(O)CN1C(=O)/C(=C/c2ccc(OCc3ccccc3)c(OCc3ccc(C(F)(F)F)cc3)c2)SC1=S. The molecule has 1 aliphatic rings. The highest BCUT2D eigenvalue weighted by Crippen LogP contribution is 2.35. The van der Waals surface area contributed by atoms with E-state index in [-0.39, 0.29) is 22.4 Å². The van der Waals surface area contributed by atoms with Crippen molar-refractivity contribution in [2.45, 2.75) is 19.4 Å². The van der Waals surface area contributed by atoms with Crippen molar-refractivity contribution in [2.24, 2.45) is 0 Å². The number of hydrogen-bond acceptors (Lipinski definition) is 6. The van der Waals surface area contributed by atoms with Gasteiger partial charge in [-0.1, -0.05) is 72.5 Å². The monoisotopic (exact) mass is 559 g/mol. The Morgan fingerprint density at radius 1 is 0.947 bits per heavy atom. The molecular weight excluding hydrogens is 539 g/mol. The highest BCUT2D eigenvalue weighted by Gasteiger charge is 2.33. The minimum atomic E-state index is -4.43. The number of rotatable bonds is 9. The van der Waals surface area contributed by atoms with Gasteiger partial charge in [-0.25, -0.2) is 0 Å². The molecule has 0 aliphatic carbocycles. The van der Waals surface area contributed by atoms with Crippen LogP contribution in [0.3, 0.4) is 0 Å². The number of alkyl halides is 3. The van der Waals surface area contributed by atoms with Crippen molar-refractivity contribution in [2.75, 3.05) is 6.54 Å². The summed E-state index contributed by atoms with van der Waals surface area (Å²) in [5.74, 6) is -0.979. The van der Waals surface area contributed by atoms with Crippen LogP contribution in [0.15, 0.2) is 77.7 Å². The van der Waals surface area contributed by atoms with E-state index in [0.717, 1.165) is 34.4 Å². The Morgan fingerprint density at radius 2 is 1.58 bits per heavy atom. The number of carbonyl (C=O) groups excluding carboxylic acids is 1. The maximum atomic E-state index is 12.9. The number of carboxylic acid groups (broad SMARTS) is 1. The number of thiocarbonyl (C=S) groups is 1. The molecule has 0 bridgehead atoms. The lowest BCUT2D eigenvalue weighted by atomic mass is 10.1. The molecule has 6 nitrogen and oxygen atoms in total. The molecular formula is C27H20F3NO5S2. The molecule has 0 spiro atoms. The summed E-state index contributed by atoms with van der Waals surface area (Å²) in [5.41, 5.74) is 1.25. The summed E-state index contributed by atoms with van der Waals surface area (Å²) in [6.07, 6.45) is -2.87. The Morgan fingerprint density at radius 3 is 2.21 bits per heavy atom. The molecule has 0 atom stereocenters. The lowest BCUT2D eigenvalue weighted by Gasteiger charge is -2.14. The topological polar surface area (TPSA) is 76.1 Å². The second-order valence-corrected chi connectivity index (χ2v) is 9.80. The smallest absolute Gasteiger partial charge is 0.416 e. The van der Waals surface area contributed by atoms with Crippen molar-refractivity contribution in [3.05, 3.63) is 100.0 Å². The second kappa shape index (κ2) is 11.7. The zero-order valence-electron chi connectivity index (χ0n) is 19.6. The standard InChI is InChI=1S/C27H20F3NO5S2/c28-27(29,30)20-9-6-18(7-10-20)16-36-22-12-19(8-11-21(22)35-15-17-4-2-1-3-5-17)13-23-25(34)31(14-24(32)33)26(37)38-23/h1-13H,14-16H2,(H,32,33)/b23-13-. The molecule has 0 unspecified atom stereocenters. The van der Waals surface area contributed by atoms with Crippen LogP contribution < -0.4 is 9.47 Å². The van der Waals surface area contributed by atoms with Crippen molar-refractivity contribution in [3.8, 4) is 11.5 Å². The first-order valence-corrected chi connectivity index (χ1v) is 12.4. The van der Waals surface area contributed by atoms with E-state index in [1.54, 1.807) is 24.3 Å². The Balaban J connectivity index is 1.56. The summed E-state index contributed by atoms with van der Waals surface area (Å²) >= 11 is 6.12. The third-order valence-corrected chi connectivity index (χ3v) is 6.72. The first-order valence-electron chi connectivity index (χ1n) is 11.2. The van der Waals surface area contributed by atoms with Gasteiger partial charge in [0.15, 0.2) is 11.5 Å². The average molecular weight is 560 g/mol. The third kappa shape index (κ3) is 6.93. The van der Waals surface area contributed by atoms with E-state index < -0.39 is 30.2 Å². The molecule has 1 heterocycles. The van der Waals surface area contributed by atoms with Gasteiger partial charge >= 0.3 is 12.1 Å². The molecule has 1 amide bonds. The summed E-state index contributed by atoms with van der Waals surface area (Å²) in [4.78, 5) is 24.9. The van der Waals surface area contributed by atoms with E-state index in [1.807, 2.05) is 30.3 Å². The van der Waals surface area contributed by atoms with Crippen LogP contribution in [0.25, 0.3) is 6.08 Å². The Hall–Kier alpha value is -3.83. The van der Waals surface area contributed by atoms with Crippen LogP contribution in [0.2, 0.25) is 0 Å². The summed E-state index contributed by atoms with van der Waals surface area (Å²) in [7, 11) is 0. The fourth-order valence-electron chi connectivity index (χ4n) is 3.46. The maximum Gasteiger partial charge on any atom is 0.416 e. The lowest BCUT2D eigenvalue weighted by Crippen LogP contribution is -2.33. The molecule has 3 aromatic carbocycles. The number of ether oxygens (including phenoxy) is 2. The van der Waals surface area contributed by atoms with Gasteiger partial charge in [0, 0.05) is 0 Å². The highest BCUT2D eigenvalue weighted by molar-refractivity contribution is 8.26. The number of aliphatic carboxylic acids is 1. The fraction of sp³-hybridized carbons (Fsp3) is 0.148. The van der Waals surface area contributed by atoms with Gasteiger partial charge in [0.1, 0.15) is 24.1 Å². The van der Waals surface area contributed by atoms with Crippen LogP contribution in [-0.4, -0.2) is 32.7 Å². The van der Waals surface area contributed by atoms with Crippen LogP contribution in [0.4, 0.5) is 13.2 Å². The number of benzene rings is 3. The van der Waals surface area contributed by atoms with Crippen LogP contribution >= 0.6 is 24.0 Å². The number of carbonyl (C=O) groups is 2. The number of amides is 1. The Labute approximate surface area is 225 Å². The van der Waals surface area contributed by atoms with E-state index in [2.05, 4.69) is 0 Å². The van der Waals surface area contributed by atoms with E-state index in [9.17, 15) is 22.8 Å². The molecule has 1 aliphatic heterocycles. The number of nitrogens with zero attached hydrogens (tertiary/aromatic N) is 1. The van der Waals surface area contributed by atoms with Gasteiger partial charge in [-0.15, -0.1) is 0 Å². The van der Waals surface area contributed by atoms with Gasteiger partial charge in [0.05, 0.1) is 10.5 Å². The van der Waals surface area contributed by atoms with Gasteiger partial charge in [0.25, 0.3) is 5.91 Å². The third-order valence-electron chi connectivity index (χ3n) is 5.35. The van der Waals surface area contributed by atoms with Gasteiger partial charge in [-0.2, -0.15) is 13.2 Å². The van der Waals surface area contributed by atoms with Crippen LogP contribution in [0.1, 0.15) is 22.3 Å². The van der Waals surface area contributed by atoms with Crippen molar-refractivity contribution in [3.63, 3.8) is 0 Å². The fourth-order valence-corrected chi connectivity index (χ4v) is 4.71. The van der Waals surface area contributed by atoms with Gasteiger partial charge in [0.2, 0.25) is 0 Å². The molecule has 3 aromatic rings. The van der Waals surface area contributed by atoms with Gasteiger partial charge in [-0.05, 0) is 47.0 Å². The molecule has 38 heavy (non-hydrogen) atoms. The highest BCUT2D eigenvalue weighted by atomic mass is 32.2. The molecule has 1 fully saturated rings. The molecule has 0 aromatic heterocycles. The van der Waals surface area contributed by atoms with Gasteiger partial charge < -0.3 is 14.6 Å². The summed E-state index contributed by atoms with van der Waals surface area (Å²) in [6.45, 7) is -0.301. The summed E-state index contributed by atoms with van der Waals surface area (Å²) in [5, 5.41) is 9.02. The quantitative estimate of drug-likeness (QED) is 0.249. The van der Waals surface area contributed by atoms with E-state index in [0.29, 0.717) is 22.6 Å². The maximum absolute atomic E-state index is 12.9. The lowest BCUT2D eigenvalue weighted by molar-refractivity contribution is -0.140. The molecule has 0 saturated carbocycles. The van der Waals surface area contributed by atoms with Gasteiger partial charge in [-0.3, -0.25) is 14.5 Å².